The lowest BCUT2D eigenvalue weighted by molar-refractivity contribution is -0.145. The smallest absolute Gasteiger partial charge is 0.407 e. The minimum atomic E-state index is -0.728. The third kappa shape index (κ3) is 11.5. The largest absolute Gasteiger partial charge is 0.444 e. The Bertz CT molecular complexity index is 1000. The van der Waals surface area contributed by atoms with Gasteiger partial charge in [0.25, 0.3) is 0 Å². The second-order valence-corrected chi connectivity index (χ2v) is 10.6. The summed E-state index contributed by atoms with van der Waals surface area (Å²) >= 11 is 0. The van der Waals surface area contributed by atoms with Crippen LogP contribution in [0, 0.1) is 0 Å². The Hall–Kier alpha value is -3.40. The molecule has 0 spiro atoms. The molecule has 3 atom stereocenters. The van der Waals surface area contributed by atoms with Gasteiger partial charge in [-0.25, -0.2) is 4.79 Å². The summed E-state index contributed by atoms with van der Waals surface area (Å²) in [7, 11) is 0. The SMILES string of the molecule is CCC(CC)O[C@@H]1C=C(C(=O)NCOC(=O)CCc2ccccc2)C[C@H](NC(=O)OC(C)(C)C)[C@H]1NC(C)=O. The van der Waals surface area contributed by atoms with Gasteiger partial charge in [-0.15, -0.1) is 0 Å². The first-order valence-corrected chi connectivity index (χ1v) is 13.5. The number of hydrogen-bond donors (Lipinski definition) is 3. The molecule has 216 valence electrons. The van der Waals surface area contributed by atoms with E-state index in [0.29, 0.717) is 12.0 Å². The number of amides is 3. The van der Waals surface area contributed by atoms with Gasteiger partial charge in [0.1, 0.15) is 5.60 Å². The molecule has 0 bridgehead atoms. The van der Waals surface area contributed by atoms with Gasteiger partial charge >= 0.3 is 12.1 Å². The van der Waals surface area contributed by atoms with E-state index in [2.05, 4.69) is 16.0 Å². The summed E-state index contributed by atoms with van der Waals surface area (Å²) in [6, 6.07) is 8.27. The quantitative estimate of drug-likeness (QED) is 0.270. The van der Waals surface area contributed by atoms with E-state index in [9.17, 15) is 19.2 Å². The average molecular weight is 546 g/mol. The molecule has 0 saturated heterocycles. The number of aryl methyl sites for hydroxylation is 1. The Morgan fingerprint density at radius 2 is 1.69 bits per heavy atom. The summed E-state index contributed by atoms with van der Waals surface area (Å²) in [6.07, 6.45) is 2.51. The van der Waals surface area contributed by atoms with Crippen molar-refractivity contribution >= 4 is 23.9 Å². The lowest BCUT2D eigenvalue weighted by Crippen LogP contribution is -2.60. The van der Waals surface area contributed by atoms with E-state index in [-0.39, 0.29) is 31.6 Å². The number of rotatable bonds is 12. The minimum absolute atomic E-state index is 0.112. The van der Waals surface area contributed by atoms with Gasteiger partial charge in [0, 0.05) is 25.3 Å². The molecule has 1 aliphatic carbocycles. The number of hydrogen-bond acceptors (Lipinski definition) is 7. The number of carbonyl (C=O) groups is 4. The zero-order valence-electron chi connectivity index (χ0n) is 23.9. The van der Waals surface area contributed by atoms with Gasteiger partial charge in [-0.1, -0.05) is 44.2 Å². The van der Waals surface area contributed by atoms with E-state index in [1.165, 1.54) is 6.92 Å². The summed E-state index contributed by atoms with van der Waals surface area (Å²) in [6.45, 7) is 10.3. The Morgan fingerprint density at radius 3 is 2.28 bits per heavy atom. The van der Waals surface area contributed by atoms with Crippen LogP contribution in [-0.4, -0.2) is 60.5 Å². The number of ether oxygens (including phenoxy) is 3. The normalized spacial score (nSPS) is 19.1. The Balaban J connectivity index is 2.11. The van der Waals surface area contributed by atoms with Crippen molar-refractivity contribution in [3.05, 3.63) is 47.5 Å². The van der Waals surface area contributed by atoms with Crippen molar-refractivity contribution in [3.8, 4) is 0 Å². The van der Waals surface area contributed by atoms with Gasteiger partial charge in [0.05, 0.1) is 24.3 Å². The molecule has 1 aromatic rings. The van der Waals surface area contributed by atoms with E-state index in [4.69, 9.17) is 14.2 Å². The van der Waals surface area contributed by atoms with Crippen molar-refractivity contribution in [2.24, 2.45) is 0 Å². The van der Waals surface area contributed by atoms with Crippen LogP contribution in [0.15, 0.2) is 42.0 Å². The van der Waals surface area contributed by atoms with Gasteiger partial charge in [0.15, 0.2) is 6.73 Å². The summed E-state index contributed by atoms with van der Waals surface area (Å²) in [5.74, 6) is -1.18. The Labute approximate surface area is 231 Å². The van der Waals surface area contributed by atoms with Crippen LogP contribution in [0.2, 0.25) is 0 Å². The Kier molecular flexibility index (Phi) is 12.4. The average Bonchev–Trinajstić information content (AvgIpc) is 2.86. The predicted octanol–water partition coefficient (Wildman–Crippen LogP) is 3.54. The first-order chi connectivity index (χ1) is 18.4. The van der Waals surface area contributed by atoms with Crippen molar-refractivity contribution in [1.82, 2.24) is 16.0 Å². The molecule has 0 saturated carbocycles. The van der Waals surface area contributed by atoms with Crippen LogP contribution in [0.5, 0.6) is 0 Å². The maximum Gasteiger partial charge on any atom is 0.407 e. The summed E-state index contributed by atoms with van der Waals surface area (Å²) in [4.78, 5) is 49.9. The molecule has 10 heteroatoms. The number of alkyl carbamates (subject to hydrolysis) is 1. The molecule has 1 aromatic carbocycles. The molecule has 3 N–H and O–H groups in total. The molecule has 10 nitrogen and oxygen atoms in total. The third-order valence-electron chi connectivity index (χ3n) is 6.14. The number of nitrogens with one attached hydrogen (secondary N) is 3. The molecular weight excluding hydrogens is 502 g/mol. The molecule has 1 aliphatic rings. The fraction of sp³-hybridized carbons (Fsp3) is 0.586. The second-order valence-electron chi connectivity index (χ2n) is 10.6. The molecule has 0 fully saturated rings. The molecule has 0 heterocycles. The van der Waals surface area contributed by atoms with Crippen molar-refractivity contribution in [2.75, 3.05) is 6.73 Å². The first kappa shape index (κ1) is 31.8. The van der Waals surface area contributed by atoms with Gasteiger partial charge in [-0.2, -0.15) is 0 Å². The number of carbonyl (C=O) groups excluding carboxylic acids is 4. The van der Waals surface area contributed by atoms with Crippen molar-refractivity contribution in [2.45, 2.75) is 104 Å². The van der Waals surface area contributed by atoms with Crippen LogP contribution < -0.4 is 16.0 Å². The maximum absolute atomic E-state index is 13.1. The van der Waals surface area contributed by atoms with Crippen LogP contribution in [0.1, 0.15) is 72.8 Å². The molecular formula is C29H43N3O7. The second kappa shape index (κ2) is 15.3. The highest BCUT2D eigenvalue weighted by Gasteiger charge is 2.39. The lowest BCUT2D eigenvalue weighted by Gasteiger charge is -2.39. The molecule has 2 rings (SSSR count). The standard InChI is InChI=1S/C29H43N3O7/c1-7-22(8-2)38-24-17-21(16-23(26(24)31-19(3)33)32-28(36)39-29(4,5)6)27(35)30-18-37-25(34)15-14-20-12-10-9-11-13-20/h9-13,17,22-24,26H,7-8,14-16,18H2,1-6H3,(H,30,35)(H,31,33)(H,32,36)/t23-,24+,26+/m0/s1. The number of benzene rings is 1. The molecule has 3 amide bonds. The highest BCUT2D eigenvalue weighted by molar-refractivity contribution is 5.94. The maximum atomic E-state index is 13.1. The minimum Gasteiger partial charge on any atom is -0.444 e. The zero-order valence-corrected chi connectivity index (χ0v) is 23.9. The highest BCUT2D eigenvalue weighted by atomic mass is 16.6. The first-order valence-electron chi connectivity index (χ1n) is 13.5. The number of esters is 1. The highest BCUT2D eigenvalue weighted by Crippen LogP contribution is 2.25. The molecule has 0 aromatic heterocycles. The van der Waals surface area contributed by atoms with E-state index in [1.54, 1.807) is 26.8 Å². The fourth-order valence-corrected chi connectivity index (χ4v) is 4.23. The van der Waals surface area contributed by atoms with Gasteiger partial charge < -0.3 is 30.2 Å². The van der Waals surface area contributed by atoms with Crippen LogP contribution >= 0.6 is 0 Å². The molecule has 39 heavy (non-hydrogen) atoms. The van der Waals surface area contributed by atoms with Crippen molar-refractivity contribution in [1.29, 1.82) is 0 Å². The lowest BCUT2D eigenvalue weighted by atomic mass is 9.87. The Morgan fingerprint density at radius 1 is 1.03 bits per heavy atom. The summed E-state index contributed by atoms with van der Waals surface area (Å²) < 4.78 is 16.9. The third-order valence-corrected chi connectivity index (χ3v) is 6.14. The summed E-state index contributed by atoms with van der Waals surface area (Å²) in [5, 5.41) is 8.28. The van der Waals surface area contributed by atoms with Gasteiger partial charge in [0.2, 0.25) is 11.8 Å². The fourth-order valence-electron chi connectivity index (χ4n) is 4.23. The molecule has 0 unspecified atom stereocenters. The molecule has 0 aliphatic heterocycles. The van der Waals surface area contributed by atoms with Crippen LogP contribution in [0.4, 0.5) is 4.79 Å². The molecule has 0 radical (unpaired) electrons. The zero-order chi connectivity index (χ0) is 29.0. The van der Waals surface area contributed by atoms with Crippen molar-refractivity contribution < 1.29 is 33.4 Å². The van der Waals surface area contributed by atoms with E-state index >= 15 is 0 Å². The van der Waals surface area contributed by atoms with Crippen molar-refractivity contribution in [3.63, 3.8) is 0 Å². The summed E-state index contributed by atoms with van der Waals surface area (Å²) in [5.41, 5.74) is 0.634. The predicted molar refractivity (Wildman–Crippen MR) is 147 cm³/mol. The van der Waals surface area contributed by atoms with E-state index in [0.717, 1.165) is 18.4 Å². The van der Waals surface area contributed by atoms with Crippen LogP contribution in [0.3, 0.4) is 0 Å². The van der Waals surface area contributed by atoms with E-state index < -0.39 is 41.8 Å². The van der Waals surface area contributed by atoms with Gasteiger partial charge in [-0.05, 0) is 51.7 Å². The monoisotopic (exact) mass is 545 g/mol. The topological polar surface area (TPSA) is 132 Å². The van der Waals surface area contributed by atoms with E-state index in [1.807, 2.05) is 44.2 Å². The van der Waals surface area contributed by atoms with Crippen LogP contribution in [-0.2, 0) is 35.0 Å². The van der Waals surface area contributed by atoms with Gasteiger partial charge in [-0.3, -0.25) is 14.4 Å². The van der Waals surface area contributed by atoms with Crippen LogP contribution in [0.25, 0.3) is 0 Å².